The third-order valence-corrected chi connectivity index (χ3v) is 9.09. The molecule has 8 heteroatoms. The average Bonchev–Trinajstić information content (AvgIpc) is 3.46. The maximum Gasteiger partial charge on any atom is 0.243 e. The van der Waals surface area contributed by atoms with Gasteiger partial charge in [0.25, 0.3) is 0 Å². The Morgan fingerprint density at radius 3 is 2.58 bits per heavy atom. The van der Waals surface area contributed by atoms with Crippen LogP contribution in [-0.4, -0.2) is 47.3 Å². The van der Waals surface area contributed by atoms with Crippen molar-refractivity contribution in [2.75, 3.05) is 13.1 Å². The van der Waals surface area contributed by atoms with Crippen LogP contribution in [0.3, 0.4) is 0 Å². The van der Waals surface area contributed by atoms with Crippen LogP contribution in [-0.2, 0) is 27.8 Å². The van der Waals surface area contributed by atoms with Crippen LogP contribution >= 0.6 is 0 Å². The van der Waals surface area contributed by atoms with Crippen LogP contribution < -0.4 is 5.32 Å². The summed E-state index contributed by atoms with van der Waals surface area (Å²) in [5.74, 6) is 1.71. The minimum Gasteiger partial charge on any atom is -0.353 e. The van der Waals surface area contributed by atoms with E-state index < -0.39 is 10.0 Å². The third-order valence-electron chi connectivity index (χ3n) is 7.19. The molecule has 1 saturated carbocycles. The standard InChI is InChI=1S/C25H38N4O3S/c1-3-4-17-29-23-12-11-21(33(31,32)28-15-5-6-16-28)18-22(23)27-24(29)13-14-25(30)26-20-9-7-19(2)8-10-20/h11-12,18-20H,3-10,13-17H2,1-2H3,(H,26,30). The number of aryl methyl sites for hydroxylation is 2. The Morgan fingerprint density at radius 1 is 1.15 bits per heavy atom. The summed E-state index contributed by atoms with van der Waals surface area (Å²) in [5, 5.41) is 3.21. The van der Waals surface area contributed by atoms with Crippen molar-refractivity contribution in [2.24, 2.45) is 5.92 Å². The third kappa shape index (κ3) is 5.60. The highest BCUT2D eigenvalue weighted by Gasteiger charge is 2.28. The second-order valence-corrected chi connectivity index (χ2v) is 11.8. The molecule has 1 aliphatic heterocycles. The molecule has 0 spiro atoms. The zero-order chi connectivity index (χ0) is 23.4. The topological polar surface area (TPSA) is 84.3 Å². The second kappa shape index (κ2) is 10.6. The molecule has 1 N–H and O–H groups in total. The molecule has 33 heavy (non-hydrogen) atoms. The van der Waals surface area contributed by atoms with Gasteiger partial charge in [0.05, 0.1) is 15.9 Å². The van der Waals surface area contributed by atoms with Gasteiger partial charge in [-0.05, 0) is 69.1 Å². The minimum absolute atomic E-state index is 0.0842. The molecular weight excluding hydrogens is 436 g/mol. The number of rotatable bonds is 9. The number of imidazole rings is 1. The van der Waals surface area contributed by atoms with Crippen molar-refractivity contribution in [3.63, 3.8) is 0 Å². The number of hydrogen-bond acceptors (Lipinski definition) is 4. The molecular formula is C25H38N4O3S. The molecule has 4 rings (SSSR count). The molecule has 0 atom stereocenters. The van der Waals surface area contributed by atoms with Gasteiger partial charge in [0.2, 0.25) is 15.9 Å². The molecule has 2 heterocycles. The van der Waals surface area contributed by atoms with Crippen LogP contribution in [0.1, 0.15) is 77.5 Å². The fourth-order valence-electron chi connectivity index (χ4n) is 5.08. The van der Waals surface area contributed by atoms with Crippen LogP contribution in [0.2, 0.25) is 0 Å². The lowest BCUT2D eigenvalue weighted by atomic mass is 9.87. The normalized spacial score (nSPS) is 22.1. The van der Waals surface area contributed by atoms with E-state index in [0.29, 0.717) is 42.4 Å². The number of fused-ring (bicyclic) bond motifs is 1. The summed E-state index contributed by atoms with van der Waals surface area (Å²) in [6.07, 6.45) is 9.35. The van der Waals surface area contributed by atoms with Gasteiger partial charge in [0.1, 0.15) is 5.82 Å². The molecule has 0 radical (unpaired) electrons. The first kappa shape index (κ1) is 24.2. The Bertz CT molecular complexity index is 1060. The Balaban J connectivity index is 1.50. The smallest absolute Gasteiger partial charge is 0.243 e. The predicted octanol–water partition coefficient (Wildman–Crippen LogP) is 4.25. The molecule has 0 bridgehead atoms. The zero-order valence-corrected chi connectivity index (χ0v) is 20.9. The van der Waals surface area contributed by atoms with E-state index in [9.17, 15) is 13.2 Å². The number of unbranched alkanes of at least 4 members (excludes halogenated alkanes) is 1. The van der Waals surface area contributed by atoms with Crippen LogP contribution in [0.4, 0.5) is 0 Å². The molecule has 1 aliphatic carbocycles. The lowest BCUT2D eigenvalue weighted by molar-refractivity contribution is -0.122. The molecule has 2 fully saturated rings. The van der Waals surface area contributed by atoms with Crippen molar-refractivity contribution in [1.29, 1.82) is 0 Å². The van der Waals surface area contributed by atoms with E-state index in [4.69, 9.17) is 4.98 Å². The van der Waals surface area contributed by atoms with Crippen LogP contribution in [0.15, 0.2) is 23.1 Å². The molecule has 1 amide bonds. The number of aromatic nitrogens is 2. The molecule has 1 aromatic carbocycles. The number of carbonyl (C=O) groups excluding carboxylic acids is 1. The van der Waals surface area contributed by atoms with E-state index in [1.807, 2.05) is 6.07 Å². The van der Waals surface area contributed by atoms with Gasteiger partial charge in [-0.25, -0.2) is 13.4 Å². The minimum atomic E-state index is -3.48. The van der Waals surface area contributed by atoms with Crippen LogP contribution in [0, 0.1) is 5.92 Å². The maximum absolute atomic E-state index is 13.0. The fraction of sp³-hybridized carbons (Fsp3) is 0.680. The largest absolute Gasteiger partial charge is 0.353 e. The molecule has 182 valence electrons. The number of hydrogen-bond donors (Lipinski definition) is 1. The monoisotopic (exact) mass is 474 g/mol. The van der Waals surface area contributed by atoms with E-state index in [1.54, 1.807) is 16.4 Å². The van der Waals surface area contributed by atoms with Crippen molar-refractivity contribution in [3.05, 3.63) is 24.0 Å². The van der Waals surface area contributed by atoms with Gasteiger partial charge in [-0.1, -0.05) is 20.3 Å². The van der Waals surface area contributed by atoms with Crippen molar-refractivity contribution < 1.29 is 13.2 Å². The molecule has 1 aromatic heterocycles. The molecule has 0 unspecified atom stereocenters. The number of nitrogens with one attached hydrogen (secondary N) is 1. The first-order chi connectivity index (χ1) is 15.9. The second-order valence-electron chi connectivity index (χ2n) is 9.82. The number of sulfonamides is 1. The van der Waals surface area contributed by atoms with Crippen LogP contribution in [0.25, 0.3) is 11.0 Å². The highest BCUT2D eigenvalue weighted by atomic mass is 32.2. The first-order valence-electron chi connectivity index (χ1n) is 12.7. The van der Waals surface area contributed by atoms with E-state index >= 15 is 0 Å². The number of benzene rings is 1. The number of nitrogens with zero attached hydrogens (tertiary/aromatic N) is 3. The van der Waals surface area contributed by atoms with Crippen molar-refractivity contribution in [2.45, 2.75) is 95.5 Å². The molecule has 2 aliphatic rings. The average molecular weight is 475 g/mol. The van der Waals surface area contributed by atoms with Crippen molar-refractivity contribution >= 4 is 27.0 Å². The number of amides is 1. The lowest BCUT2D eigenvalue weighted by Crippen LogP contribution is -2.37. The van der Waals surface area contributed by atoms with Crippen LogP contribution in [0.5, 0.6) is 0 Å². The highest BCUT2D eigenvalue weighted by molar-refractivity contribution is 7.89. The van der Waals surface area contributed by atoms with Gasteiger partial charge in [-0.2, -0.15) is 4.31 Å². The van der Waals surface area contributed by atoms with Gasteiger partial charge >= 0.3 is 0 Å². The Morgan fingerprint density at radius 2 is 1.88 bits per heavy atom. The lowest BCUT2D eigenvalue weighted by Gasteiger charge is -2.26. The maximum atomic E-state index is 13.0. The SMILES string of the molecule is CCCCn1c(CCC(=O)NC2CCC(C)CC2)nc2cc(S(=O)(=O)N3CCCC3)ccc21. The molecule has 1 saturated heterocycles. The Labute approximate surface area is 198 Å². The van der Waals surface area contributed by atoms with Crippen molar-refractivity contribution in [3.8, 4) is 0 Å². The van der Waals surface area contributed by atoms with E-state index in [0.717, 1.165) is 62.3 Å². The Kier molecular flexibility index (Phi) is 7.74. The summed E-state index contributed by atoms with van der Waals surface area (Å²) in [6.45, 7) is 6.43. The zero-order valence-electron chi connectivity index (χ0n) is 20.1. The summed E-state index contributed by atoms with van der Waals surface area (Å²) in [6, 6.07) is 5.60. The summed E-state index contributed by atoms with van der Waals surface area (Å²) < 4.78 is 29.7. The predicted molar refractivity (Wildman–Crippen MR) is 131 cm³/mol. The van der Waals surface area contributed by atoms with E-state index in [1.165, 1.54) is 12.8 Å². The van der Waals surface area contributed by atoms with E-state index in [-0.39, 0.29) is 5.91 Å². The summed E-state index contributed by atoms with van der Waals surface area (Å²) in [7, 11) is -3.48. The fourth-order valence-corrected chi connectivity index (χ4v) is 6.62. The highest BCUT2D eigenvalue weighted by Crippen LogP contribution is 2.26. The molecule has 2 aromatic rings. The van der Waals surface area contributed by atoms with Gasteiger partial charge in [0, 0.05) is 38.5 Å². The summed E-state index contributed by atoms with van der Waals surface area (Å²) in [4.78, 5) is 17.7. The summed E-state index contributed by atoms with van der Waals surface area (Å²) >= 11 is 0. The quantitative estimate of drug-likeness (QED) is 0.589. The number of carbonyl (C=O) groups is 1. The van der Waals surface area contributed by atoms with Crippen molar-refractivity contribution in [1.82, 2.24) is 19.2 Å². The van der Waals surface area contributed by atoms with Gasteiger partial charge in [-0.15, -0.1) is 0 Å². The van der Waals surface area contributed by atoms with E-state index in [2.05, 4.69) is 23.7 Å². The molecule has 7 nitrogen and oxygen atoms in total. The van der Waals surface area contributed by atoms with Gasteiger partial charge in [-0.3, -0.25) is 4.79 Å². The first-order valence-corrected chi connectivity index (χ1v) is 14.1. The van der Waals surface area contributed by atoms with Gasteiger partial charge < -0.3 is 9.88 Å². The van der Waals surface area contributed by atoms with Gasteiger partial charge in [0.15, 0.2) is 0 Å². The Hall–Kier alpha value is -1.93. The summed E-state index contributed by atoms with van der Waals surface area (Å²) in [5.41, 5.74) is 1.64.